The minimum Gasteiger partial charge on any atom is -0.344 e. The molecule has 1 aliphatic rings. The Bertz CT molecular complexity index is 680. The highest BCUT2D eigenvalue weighted by molar-refractivity contribution is 5.94. The van der Waals surface area contributed by atoms with Crippen LogP contribution in [0.3, 0.4) is 0 Å². The van der Waals surface area contributed by atoms with Gasteiger partial charge >= 0.3 is 0 Å². The Morgan fingerprint density at radius 1 is 1.04 bits per heavy atom. The Balaban J connectivity index is 1.78. The molecule has 3 nitrogen and oxygen atoms in total. The Hall–Kier alpha value is -2.27. The van der Waals surface area contributed by atoms with Crippen molar-refractivity contribution in [1.29, 1.82) is 0 Å². The molecule has 2 aromatic carbocycles. The van der Waals surface area contributed by atoms with Gasteiger partial charge in [0, 0.05) is 18.2 Å². The summed E-state index contributed by atoms with van der Waals surface area (Å²) in [4.78, 5) is 14.7. The van der Waals surface area contributed by atoms with Gasteiger partial charge in [0.05, 0.1) is 6.04 Å². The van der Waals surface area contributed by atoms with Gasteiger partial charge in [-0.25, -0.2) is 8.78 Å². The zero-order valence-electron chi connectivity index (χ0n) is 13.3. The highest BCUT2D eigenvalue weighted by Gasteiger charge is 2.21. The van der Waals surface area contributed by atoms with E-state index >= 15 is 0 Å². The van der Waals surface area contributed by atoms with Crippen LogP contribution in [0.4, 0.5) is 8.78 Å². The molecule has 1 amide bonds. The van der Waals surface area contributed by atoms with E-state index in [0.29, 0.717) is 6.54 Å². The first-order valence-corrected chi connectivity index (χ1v) is 8.16. The predicted octanol–water partition coefficient (Wildman–Crippen LogP) is 3.53. The summed E-state index contributed by atoms with van der Waals surface area (Å²) >= 11 is 0. The molecule has 0 aromatic heterocycles. The van der Waals surface area contributed by atoms with E-state index < -0.39 is 17.5 Å². The second kappa shape index (κ2) is 7.53. The van der Waals surface area contributed by atoms with E-state index in [9.17, 15) is 13.6 Å². The molecule has 2 aromatic rings. The van der Waals surface area contributed by atoms with E-state index in [1.165, 1.54) is 0 Å². The summed E-state index contributed by atoms with van der Waals surface area (Å²) in [6.07, 6.45) is 2.31. The number of hydrogen-bond donors (Lipinski definition) is 1. The molecule has 1 heterocycles. The summed E-state index contributed by atoms with van der Waals surface area (Å²) in [5.74, 6) is -1.98. The van der Waals surface area contributed by atoms with Crippen LogP contribution in [0.1, 0.15) is 34.8 Å². The topological polar surface area (TPSA) is 32.3 Å². The molecule has 1 saturated heterocycles. The van der Waals surface area contributed by atoms with Gasteiger partial charge in [-0.2, -0.15) is 0 Å². The van der Waals surface area contributed by atoms with Crippen molar-refractivity contribution in [3.63, 3.8) is 0 Å². The molecule has 5 heteroatoms. The lowest BCUT2D eigenvalue weighted by atomic mass is 10.1. The minimum absolute atomic E-state index is 0.00477. The first kappa shape index (κ1) is 16.6. The molecule has 0 unspecified atom stereocenters. The maximum atomic E-state index is 13.3. The monoisotopic (exact) mass is 330 g/mol. The Morgan fingerprint density at radius 3 is 2.29 bits per heavy atom. The van der Waals surface area contributed by atoms with Gasteiger partial charge in [0.15, 0.2) is 0 Å². The largest absolute Gasteiger partial charge is 0.344 e. The fraction of sp³-hybridized carbons (Fsp3) is 0.316. The van der Waals surface area contributed by atoms with Gasteiger partial charge in [-0.1, -0.05) is 30.3 Å². The molecule has 24 heavy (non-hydrogen) atoms. The molecule has 126 valence electrons. The van der Waals surface area contributed by atoms with Gasteiger partial charge in [-0.3, -0.25) is 4.79 Å². The highest BCUT2D eigenvalue weighted by Crippen LogP contribution is 2.19. The van der Waals surface area contributed by atoms with Crippen LogP contribution < -0.4 is 5.32 Å². The molecule has 1 fully saturated rings. The van der Waals surface area contributed by atoms with Crippen molar-refractivity contribution in [1.82, 2.24) is 10.2 Å². The summed E-state index contributed by atoms with van der Waals surface area (Å²) in [5, 5.41) is 2.92. The van der Waals surface area contributed by atoms with Gasteiger partial charge < -0.3 is 10.2 Å². The first-order chi connectivity index (χ1) is 11.6. The molecule has 0 aliphatic carbocycles. The molecule has 0 bridgehead atoms. The second-order valence-corrected chi connectivity index (χ2v) is 6.10. The third kappa shape index (κ3) is 4.17. The van der Waals surface area contributed by atoms with Crippen LogP contribution in [-0.4, -0.2) is 30.4 Å². The van der Waals surface area contributed by atoms with Crippen LogP contribution in [0.2, 0.25) is 0 Å². The van der Waals surface area contributed by atoms with Crippen molar-refractivity contribution in [3.8, 4) is 0 Å². The zero-order chi connectivity index (χ0) is 16.9. The molecule has 1 aliphatic heterocycles. The van der Waals surface area contributed by atoms with Crippen LogP contribution in [0, 0.1) is 11.6 Å². The third-order valence-corrected chi connectivity index (χ3v) is 4.27. The summed E-state index contributed by atoms with van der Waals surface area (Å²) in [6.45, 7) is 2.70. The van der Waals surface area contributed by atoms with E-state index in [1.54, 1.807) is 0 Å². The number of amides is 1. The molecule has 0 saturated carbocycles. The number of rotatable bonds is 5. The lowest BCUT2D eigenvalue weighted by Crippen LogP contribution is -2.37. The summed E-state index contributed by atoms with van der Waals surface area (Å²) in [7, 11) is 0. The average molecular weight is 330 g/mol. The van der Waals surface area contributed by atoms with Crippen molar-refractivity contribution in [2.45, 2.75) is 18.9 Å². The molecule has 3 rings (SSSR count). The molecule has 1 N–H and O–H groups in total. The predicted molar refractivity (Wildman–Crippen MR) is 88.7 cm³/mol. The lowest BCUT2D eigenvalue weighted by Gasteiger charge is -2.25. The molecule has 1 atom stereocenters. The quantitative estimate of drug-likeness (QED) is 0.909. The van der Waals surface area contributed by atoms with Gasteiger partial charge in [0.1, 0.15) is 11.6 Å². The first-order valence-electron chi connectivity index (χ1n) is 8.16. The lowest BCUT2D eigenvalue weighted by molar-refractivity contribution is 0.0926. The van der Waals surface area contributed by atoms with E-state index in [1.807, 2.05) is 30.3 Å². The molecule has 0 spiro atoms. The number of carbonyl (C=O) groups excluding carboxylic acids is 1. The van der Waals surface area contributed by atoms with Gasteiger partial charge in [0.2, 0.25) is 0 Å². The summed E-state index contributed by atoms with van der Waals surface area (Å²) < 4.78 is 26.7. The van der Waals surface area contributed by atoms with Crippen LogP contribution in [0.5, 0.6) is 0 Å². The second-order valence-electron chi connectivity index (χ2n) is 6.10. The Labute approximate surface area is 140 Å². The van der Waals surface area contributed by atoms with Crippen molar-refractivity contribution in [2.75, 3.05) is 19.6 Å². The van der Waals surface area contributed by atoms with Crippen LogP contribution >= 0.6 is 0 Å². The maximum Gasteiger partial charge on any atom is 0.252 e. The third-order valence-electron chi connectivity index (χ3n) is 4.27. The molecule has 0 radical (unpaired) electrons. The van der Waals surface area contributed by atoms with E-state index in [0.717, 1.165) is 49.7 Å². The fourth-order valence-electron chi connectivity index (χ4n) is 3.07. The van der Waals surface area contributed by atoms with E-state index in [4.69, 9.17) is 0 Å². The number of nitrogens with zero attached hydrogens (tertiary/aromatic N) is 1. The maximum absolute atomic E-state index is 13.3. The number of benzene rings is 2. The highest BCUT2D eigenvalue weighted by atomic mass is 19.1. The average Bonchev–Trinajstić information content (AvgIpc) is 3.07. The van der Waals surface area contributed by atoms with Crippen molar-refractivity contribution in [3.05, 3.63) is 71.3 Å². The van der Waals surface area contributed by atoms with Crippen molar-refractivity contribution >= 4 is 5.91 Å². The van der Waals surface area contributed by atoms with Gasteiger partial charge in [-0.15, -0.1) is 0 Å². The van der Waals surface area contributed by atoms with E-state index in [2.05, 4.69) is 10.2 Å². The number of hydrogen-bond acceptors (Lipinski definition) is 2. The SMILES string of the molecule is O=C(N[C@H](CN1CCCC1)c1ccccc1)c1cc(F)cc(F)c1. The van der Waals surface area contributed by atoms with Gasteiger partial charge in [0.25, 0.3) is 5.91 Å². The summed E-state index contributed by atoms with van der Waals surface area (Å²) in [5.41, 5.74) is 0.976. The summed E-state index contributed by atoms with van der Waals surface area (Å²) in [6, 6.07) is 12.3. The Morgan fingerprint density at radius 2 is 1.67 bits per heavy atom. The number of carbonyl (C=O) groups is 1. The zero-order valence-corrected chi connectivity index (χ0v) is 13.3. The minimum atomic E-state index is -0.754. The number of likely N-dealkylation sites (tertiary alicyclic amines) is 1. The fourth-order valence-corrected chi connectivity index (χ4v) is 3.07. The smallest absolute Gasteiger partial charge is 0.252 e. The molecular weight excluding hydrogens is 310 g/mol. The molecular formula is C19H20F2N2O. The van der Waals surface area contributed by atoms with Crippen molar-refractivity contribution in [2.24, 2.45) is 0 Å². The normalized spacial score (nSPS) is 16.1. The number of nitrogens with one attached hydrogen (secondary N) is 1. The van der Waals surface area contributed by atoms with Crippen LogP contribution in [0.25, 0.3) is 0 Å². The van der Waals surface area contributed by atoms with E-state index in [-0.39, 0.29) is 11.6 Å². The van der Waals surface area contributed by atoms with Crippen LogP contribution in [-0.2, 0) is 0 Å². The van der Waals surface area contributed by atoms with Crippen molar-refractivity contribution < 1.29 is 13.6 Å². The van der Waals surface area contributed by atoms with Crippen LogP contribution in [0.15, 0.2) is 48.5 Å². The Kier molecular flexibility index (Phi) is 5.20. The standard InChI is InChI=1S/C19H20F2N2O/c20-16-10-15(11-17(21)12-16)19(24)22-18(13-23-8-4-5-9-23)14-6-2-1-3-7-14/h1-3,6-7,10-12,18H,4-5,8-9,13H2,(H,22,24)/t18-/m1/s1. The number of halogens is 2. The van der Waals surface area contributed by atoms with Gasteiger partial charge in [-0.05, 0) is 43.6 Å².